The summed E-state index contributed by atoms with van der Waals surface area (Å²) in [5.74, 6) is 1.08. The second kappa shape index (κ2) is 5.78. The number of benzene rings is 1. The Balaban J connectivity index is 1.81. The molecule has 0 aliphatic carbocycles. The third-order valence-electron chi connectivity index (χ3n) is 2.63. The van der Waals surface area contributed by atoms with E-state index in [1.807, 2.05) is 23.9 Å². The van der Waals surface area contributed by atoms with Gasteiger partial charge in [-0.2, -0.15) is 11.8 Å². The zero-order valence-electron chi connectivity index (χ0n) is 8.71. The fraction of sp³-hybridized carbons (Fsp3) is 0.500. The Morgan fingerprint density at radius 1 is 1.47 bits per heavy atom. The molecule has 1 heterocycles. The lowest BCUT2D eigenvalue weighted by Crippen LogP contribution is -2.31. The van der Waals surface area contributed by atoms with Crippen LogP contribution in [0, 0.1) is 0 Å². The van der Waals surface area contributed by atoms with Gasteiger partial charge in [-0.05, 0) is 37.1 Å². The molecule has 1 aromatic carbocycles. The van der Waals surface area contributed by atoms with Gasteiger partial charge in [0, 0.05) is 22.6 Å². The van der Waals surface area contributed by atoms with Crippen molar-refractivity contribution in [2.75, 3.05) is 13.1 Å². The molecular formula is C12H16ClNS. The van der Waals surface area contributed by atoms with Gasteiger partial charge >= 0.3 is 0 Å². The molecule has 0 bridgehead atoms. The lowest BCUT2D eigenvalue weighted by molar-refractivity contribution is 0.531. The topological polar surface area (TPSA) is 12.0 Å². The van der Waals surface area contributed by atoms with Gasteiger partial charge in [-0.25, -0.2) is 0 Å². The molecule has 1 nitrogen and oxygen atoms in total. The summed E-state index contributed by atoms with van der Waals surface area (Å²) in [7, 11) is 0. The summed E-state index contributed by atoms with van der Waals surface area (Å²) in [6.07, 6.45) is 2.66. The lowest BCUT2D eigenvalue weighted by atomic mass is 10.2. The maximum Gasteiger partial charge on any atom is 0.0409 e. The molecule has 0 radical (unpaired) electrons. The Kier molecular flexibility index (Phi) is 4.36. The fourth-order valence-corrected chi connectivity index (χ4v) is 3.19. The van der Waals surface area contributed by atoms with Crippen LogP contribution in [0.4, 0.5) is 0 Å². The largest absolute Gasteiger partial charge is 0.316 e. The highest BCUT2D eigenvalue weighted by Gasteiger charge is 2.12. The van der Waals surface area contributed by atoms with Crippen molar-refractivity contribution in [1.29, 1.82) is 0 Å². The molecular weight excluding hydrogens is 226 g/mol. The highest BCUT2D eigenvalue weighted by molar-refractivity contribution is 7.99. The van der Waals surface area contributed by atoms with Gasteiger partial charge in [-0.1, -0.05) is 23.7 Å². The molecule has 1 aromatic rings. The smallest absolute Gasteiger partial charge is 0.0409 e. The van der Waals surface area contributed by atoms with E-state index in [1.165, 1.54) is 24.9 Å². The molecule has 0 amide bonds. The number of thioether (sulfide) groups is 1. The molecule has 0 saturated carbocycles. The summed E-state index contributed by atoms with van der Waals surface area (Å²) in [6, 6.07) is 8.16. The molecule has 1 aliphatic rings. The van der Waals surface area contributed by atoms with Crippen LogP contribution in [0.25, 0.3) is 0 Å². The van der Waals surface area contributed by atoms with Crippen LogP contribution >= 0.6 is 23.4 Å². The van der Waals surface area contributed by atoms with E-state index in [2.05, 4.69) is 17.4 Å². The first-order valence-corrected chi connectivity index (χ1v) is 6.84. The standard InChI is InChI=1S/C12H16ClNS/c13-11-4-1-3-10(7-11)9-15-12-5-2-6-14-8-12/h1,3-4,7,12,14H,2,5-6,8-9H2. The van der Waals surface area contributed by atoms with Crippen LogP contribution < -0.4 is 5.32 Å². The minimum atomic E-state index is 0.776. The zero-order chi connectivity index (χ0) is 10.5. The molecule has 3 heteroatoms. The summed E-state index contributed by atoms with van der Waals surface area (Å²) in [5, 5.41) is 5.05. The van der Waals surface area contributed by atoms with E-state index in [9.17, 15) is 0 Å². The average Bonchev–Trinajstić information content (AvgIpc) is 2.28. The van der Waals surface area contributed by atoms with Crippen LogP contribution in [0.5, 0.6) is 0 Å². The van der Waals surface area contributed by atoms with Gasteiger partial charge < -0.3 is 5.32 Å². The van der Waals surface area contributed by atoms with E-state index in [1.54, 1.807) is 0 Å². The molecule has 1 N–H and O–H groups in total. The van der Waals surface area contributed by atoms with Crippen molar-refractivity contribution in [3.05, 3.63) is 34.9 Å². The molecule has 15 heavy (non-hydrogen) atoms. The monoisotopic (exact) mass is 241 g/mol. The first kappa shape index (κ1) is 11.3. The number of nitrogens with one attached hydrogen (secondary N) is 1. The van der Waals surface area contributed by atoms with Crippen molar-refractivity contribution in [2.45, 2.75) is 23.8 Å². The van der Waals surface area contributed by atoms with E-state index in [0.29, 0.717) is 0 Å². The molecule has 1 saturated heterocycles. The molecule has 1 aliphatic heterocycles. The number of halogens is 1. The maximum absolute atomic E-state index is 5.94. The predicted octanol–water partition coefficient (Wildman–Crippen LogP) is 3.33. The fourth-order valence-electron chi connectivity index (χ4n) is 1.80. The van der Waals surface area contributed by atoms with E-state index < -0.39 is 0 Å². The van der Waals surface area contributed by atoms with Crippen LogP contribution in [0.15, 0.2) is 24.3 Å². The van der Waals surface area contributed by atoms with Gasteiger partial charge in [0.15, 0.2) is 0 Å². The van der Waals surface area contributed by atoms with E-state index in [0.717, 1.165) is 22.6 Å². The summed E-state index contributed by atoms with van der Waals surface area (Å²) < 4.78 is 0. The first-order valence-electron chi connectivity index (χ1n) is 5.41. The summed E-state index contributed by atoms with van der Waals surface area (Å²) >= 11 is 7.98. The normalized spacial score (nSPS) is 21.5. The maximum atomic E-state index is 5.94. The molecule has 1 fully saturated rings. The number of hydrogen-bond acceptors (Lipinski definition) is 2. The van der Waals surface area contributed by atoms with Gasteiger partial charge in [-0.3, -0.25) is 0 Å². The highest BCUT2D eigenvalue weighted by Crippen LogP contribution is 2.23. The van der Waals surface area contributed by atoms with Gasteiger partial charge in [0.1, 0.15) is 0 Å². The minimum Gasteiger partial charge on any atom is -0.316 e. The average molecular weight is 242 g/mol. The molecule has 0 aromatic heterocycles. The Morgan fingerprint density at radius 2 is 2.40 bits per heavy atom. The zero-order valence-corrected chi connectivity index (χ0v) is 10.3. The van der Waals surface area contributed by atoms with Crippen molar-refractivity contribution in [3.8, 4) is 0 Å². The van der Waals surface area contributed by atoms with E-state index >= 15 is 0 Å². The first-order chi connectivity index (χ1) is 7.34. The summed E-state index contributed by atoms with van der Waals surface area (Å²) in [5.41, 5.74) is 1.33. The van der Waals surface area contributed by atoms with Crippen LogP contribution in [0.2, 0.25) is 5.02 Å². The summed E-state index contributed by atoms with van der Waals surface area (Å²) in [4.78, 5) is 0. The minimum absolute atomic E-state index is 0.776. The summed E-state index contributed by atoms with van der Waals surface area (Å²) in [6.45, 7) is 2.35. The lowest BCUT2D eigenvalue weighted by Gasteiger charge is -2.22. The van der Waals surface area contributed by atoms with Crippen molar-refractivity contribution in [2.24, 2.45) is 0 Å². The third kappa shape index (κ3) is 3.71. The van der Waals surface area contributed by atoms with Crippen molar-refractivity contribution < 1.29 is 0 Å². The van der Waals surface area contributed by atoms with Gasteiger partial charge in [0.2, 0.25) is 0 Å². The Bertz CT molecular complexity index is 310. The highest BCUT2D eigenvalue weighted by atomic mass is 35.5. The molecule has 2 rings (SSSR count). The molecule has 1 atom stereocenters. The number of hydrogen-bond donors (Lipinski definition) is 1. The van der Waals surface area contributed by atoms with Crippen LogP contribution in [0.3, 0.4) is 0 Å². The molecule has 0 spiro atoms. The Morgan fingerprint density at radius 3 is 3.13 bits per heavy atom. The second-order valence-electron chi connectivity index (χ2n) is 3.91. The van der Waals surface area contributed by atoms with E-state index in [4.69, 9.17) is 11.6 Å². The Labute approximate surface area is 101 Å². The van der Waals surface area contributed by atoms with E-state index in [-0.39, 0.29) is 0 Å². The predicted molar refractivity (Wildman–Crippen MR) is 68.6 cm³/mol. The quantitative estimate of drug-likeness (QED) is 0.872. The van der Waals surface area contributed by atoms with Crippen molar-refractivity contribution in [1.82, 2.24) is 5.32 Å². The van der Waals surface area contributed by atoms with Gasteiger partial charge in [0.05, 0.1) is 0 Å². The Hall–Kier alpha value is -0.180. The van der Waals surface area contributed by atoms with Crippen LogP contribution in [-0.4, -0.2) is 18.3 Å². The van der Waals surface area contributed by atoms with Gasteiger partial charge in [-0.15, -0.1) is 0 Å². The third-order valence-corrected chi connectivity index (χ3v) is 4.24. The second-order valence-corrected chi connectivity index (χ2v) is 5.63. The molecule has 1 unspecified atom stereocenters. The van der Waals surface area contributed by atoms with Crippen molar-refractivity contribution >= 4 is 23.4 Å². The number of rotatable bonds is 3. The van der Waals surface area contributed by atoms with Crippen LogP contribution in [0.1, 0.15) is 18.4 Å². The van der Waals surface area contributed by atoms with Crippen LogP contribution in [-0.2, 0) is 5.75 Å². The van der Waals surface area contributed by atoms with Crippen molar-refractivity contribution in [3.63, 3.8) is 0 Å². The van der Waals surface area contributed by atoms with Gasteiger partial charge in [0.25, 0.3) is 0 Å². The molecule has 82 valence electrons. The SMILES string of the molecule is Clc1cccc(CSC2CCCNC2)c1. The number of piperidine rings is 1.